The number of aromatic nitrogens is 2. The Morgan fingerprint density at radius 1 is 1.23 bits per heavy atom. The molecule has 3 unspecified atom stereocenters. The number of hydrogen-bond donors (Lipinski definition) is 2. The van der Waals surface area contributed by atoms with Gasteiger partial charge in [-0.05, 0) is 44.2 Å². The first-order chi connectivity index (χ1) is 14.8. The number of nitrogens with one attached hydrogen (secondary N) is 1. The number of H-pyrrole nitrogens is 1. The van der Waals surface area contributed by atoms with Gasteiger partial charge < -0.3 is 10.6 Å². The predicted octanol–water partition coefficient (Wildman–Crippen LogP) is 2.66. The summed E-state index contributed by atoms with van der Waals surface area (Å²) in [7, 11) is 0. The second-order valence-corrected chi connectivity index (χ2v) is 9.17. The van der Waals surface area contributed by atoms with Crippen LogP contribution in [-0.2, 0) is 6.42 Å². The summed E-state index contributed by atoms with van der Waals surface area (Å²) >= 11 is 0. The number of benzene rings is 1. The second-order valence-electron chi connectivity index (χ2n) is 9.17. The number of likely N-dealkylation sites (tertiary alicyclic amines) is 1. The summed E-state index contributed by atoms with van der Waals surface area (Å²) in [6.45, 7) is 2.55. The van der Waals surface area contributed by atoms with Crippen LogP contribution in [0.2, 0.25) is 0 Å². The minimum atomic E-state index is -1.75. The fraction of sp³-hybridized carbons (Fsp3) is 0.478. The van der Waals surface area contributed by atoms with Gasteiger partial charge in [0.15, 0.2) is 5.67 Å². The number of nitrogens with two attached hydrogens (primary N) is 1. The van der Waals surface area contributed by atoms with Crippen molar-refractivity contribution >= 4 is 6.08 Å². The van der Waals surface area contributed by atoms with Crippen LogP contribution in [0.4, 0.5) is 8.78 Å². The van der Waals surface area contributed by atoms with E-state index in [-0.39, 0.29) is 24.2 Å². The van der Waals surface area contributed by atoms with Crippen molar-refractivity contribution in [2.24, 2.45) is 11.7 Å². The zero-order chi connectivity index (χ0) is 21.9. The normalized spacial score (nSPS) is 26.5. The third kappa shape index (κ3) is 3.43. The number of rotatable bonds is 4. The van der Waals surface area contributed by atoms with E-state index in [9.17, 15) is 14.0 Å². The molecule has 1 aromatic heterocycles. The van der Waals surface area contributed by atoms with Crippen LogP contribution in [0.3, 0.4) is 0 Å². The van der Waals surface area contributed by atoms with E-state index in [0.29, 0.717) is 42.0 Å². The van der Waals surface area contributed by atoms with Gasteiger partial charge in [0.25, 0.3) is 5.56 Å². The fourth-order valence-corrected chi connectivity index (χ4v) is 5.05. The highest BCUT2D eigenvalue weighted by molar-refractivity contribution is 5.59. The summed E-state index contributed by atoms with van der Waals surface area (Å²) in [5.41, 5.74) is 5.44. The van der Waals surface area contributed by atoms with Crippen LogP contribution in [0, 0.1) is 11.7 Å². The van der Waals surface area contributed by atoms with Crippen LogP contribution in [-0.4, -0.2) is 33.2 Å². The van der Waals surface area contributed by atoms with Crippen LogP contribution in [0.25, 0.3) is 6.08 Å². The number of aromatic amines is 1. The molecular weight excluding hydrogens is 402 g/mol. The molecule has 0 amide bonds. The molecule has 3 N–H and O–H groups in total. The number of hydrogen-bond acceptors (Lipinski definition) is 4. The molecule has 5 rings (SSSR count). The topological polar surface area (TPSA) is 84.1 Å². The largest absolute Gasteiger partial charge is 0.372 e. The summed E-state index contributed by atoms with van der Waals surface area (Å²) in [4.78, 5) is 29.1. The highest BCUT2D eigenvalue weighted by Crippen LogP contribution is 2.42. The number of allylic oxidation sites excluding steroid dienone is 1. The van der Waals surface area contributed by atoms with E-state index in [1.165, 1.54) is 13.0 Å². The van der Waals surface area contributed by atoms with Crippen LogP contribution < -0.4 is 17.0 Å². The average molecular weight is 428 g/mol. The van der Waals surface area contributed by atoms with Crippen molar-refractivity contribution < 1.29 is 8.78 Å². The molecule has 3 aliphatic rings. The van der Waals surface area contributed by atoms with Gasteiger partial charge in [0.05, 0.1) is 11.4 Å². The van der Waals surface area contributed by atoms with Crippen molar-refractivity contribution in [1.29, 1.82) is 0 Å². The zero-order valence-corrected chi connectivity index (χ0v) is 17.4. The molecule has 2 fully saturated rings. The molecule has 3 atom stereocenters. The standard InChI is InChI=1S/C23H26F2N4O2/c1-23(25)11-16-18(29(14-6-7-14)22(31)27-21(16)30)10-19(23)28-9-8-13(12-28)20(26)15-4-2-3-5-17(15)24/h2-5,10,13-14,20H,6-9,11-12,26H2,1H3,(H,27,30,31). The van der Waals surface area contributed by atoms with E-state index in [1.807, 2.05) is 4.90 Å². The molecule has 1 aromatic carbocycles. The van der Waals surface area contributed by atoms with Crippen molar-refractivity contribution in [3.05, 3.63) is 73.4 Å². The highest BCUT2D eigenvalue weighted by Gasteiger charge is 2.42. The lowest BCUT2D eigenvalue weighted by atomic mass is 9.87. The maximum Gasteiger partial charge on any atom is 0.329 e. The smallest absolute Gasteiger partial charge is 0.329 e. The predicted molar refractivity (Wildman–Crippen MR) is 114 cm³/mol. The van der Waals surface area contributed by atoms with Crippen molar-refractivity contribution in [2.45, 2.75) is 50.4 Å². The molecule has 6 nitrogen and oxygen atoms in total. The summed E-state index contributed by atoms with van der Waals surface area (Å²) in [6, 6.07) is 6.06. The van der Waals surface area contributed by atoms with Gasteiger partial charge in [0.1, 0.15) is 5.82 Å². The maximum atomic E-state index is 15.8. The minimum absolute atomic E-state index is 0.0280. The number of fused-ring (bicyclic) bond motifs is 1. The average Bonchev–Trinajstić information content (AvgIpc) is 3.43. The molecule has 164 valence electrons. The Balaban J connectivity index is 1.49. The van der Waals surface area contributed by atoms with Crippen LogP contribution in [0.1, 0.15) is 55.1 Å². The first kappa shape index (κ1) is 20.2. The van der Waals surface area contributed by atoms with Crippen molar-refractivity contribution in [2.75, 3.05) is 13.1 Å². The Bertz CT molecular complexity index is 1180. The highest BCUT2D eigenvalue weighted by atomic mass is 19.1. The van der Waals surface area contributed by atoms with Crippen molar-refractivity contribution in [1.82, 2.24) is 14.5 Å². The zero-order valence-electron chi connectivity index (χ0n) is 17.4. The molecule has 2 aliphatic carbocycles. The van der Waals surface area contributed by atoms with E-state index < -0.39 is 23.0 Å². The molecule has 1 aliphatic heterocycles. The van der Waals surface area contributed by atoms with E-state index in [1.54, 1.807) is 28.8 Å². The van der Waals surface area contributed by atoms with Gasteiger partial charge in [-0.15, -0.1) is 0 Å². The summed E-state index contributed by atoms with van der Waals surface area (Å²) in [5.74, 6) is -0.359. The van der Waals surface area contributed by atoms with E-state index in [2.05, 4.69) is 4.98 Å². The second kappa shape index (κ2) is 7.15. The van der Waals surface area contributed by atoms with Gasteiger partial charge in [0.2, 0.25) is 0 Å². The molecule has 1 saturated heterocycles. The van der Waals surface area contributed by atoms with Gasteiger partial charge in [-0.3, -0.25) is 14.3 Å². The number of halogens is 2. The molecule has 1 saturated carbocycles. The molecule has 0 bridgehead atoms. The molecular formula is C23H26F2N4O2. The van der Waals surface area contributed by atoms with Gasteiger partial charge >= 0.3 is 5.69 Å². The van der Waals surface area contributed by atoms with E-state index >= 15 is 4.39 Å². The van der Waals surface area contributed by atoms with Gasteiger partial charge in [0, 0.05) is 42.7 Å². The third-order valence-electron chi connectivity index (χ3n) is 6.85. The fourth-order valence-electron chi connectivity index (χ4n) is 5.05. The van der Waals surface area contributed by atoms with Gasteiger partial charge in [-0.2, -0.15) is 0 Å². The van der Waals surface area contributed by atoms with Gasteiger partial charge in [-0.25, -0.2) is 13.6 Å². The Morgan fingerprint density at radius 2 is 1.97 bits per heavy atom. The molecule has 2 aromatic rings. The van der Waals surface area contributed by atoms with E-state index in [0.717, 1.165) is 12.8 Å². The third-order valence-corrected chi connectivity index (χ3v) is 6.85. The van der Waals surface area contributed by atoms with E-state index in [4.69, 9.17) is 5.73 Å². The molecule has 0 spiro atoms. The monoisotopic (exact) mass is 428 g/mol. The van der Waals surface area contributed by atoms with Crippen molar-refractivity contribution in [3.63, 3.8) is 0 Å². The first-order valence-corrected chi connectivity index (χ1v) is 10.8. The lowest BCUT2D eigenvalue weighted by Gasteiger charge is -2.36. The Labute approximate surface area is 178 Å². The lowest BCUT2D eigenvalue weighted by molar-refractivity contribution is 0.177. The van der Waals surface area contributed by atoms with Crippen molar-refractivity contribution in [3.8, 4) is 0 Å². The molecule has 8 heteroatoms. The first-order valence-electron chi connectivity index (χ1n) is 10.8. The van der Waals surface area contributed by atoms with Crippen LogP contribution in [0.15, 0.2) is 39.6 Å². The van der Waals surface area contributed by atoms with Crippen LogP contribution in [0.5, 0.6) is 0 Å². The Hall–Kier alpha value is -2.74. The quantitative estimate of drug-likeness (QED) is 0.784. The summed E-state index contributed by atoms with van der Waals surface area (Å²) in [6.07, 6.45) is 4.04. The maximum absolute atomic E-state index is 15.8. The number of alkyl halides is 1. The van der Waals surface area contributed by atoms with Crippen LogP contribution >= 0.6 is 0 Å². The van der Waals surface area contributed by atoms with Gasteiger partial charge in [-0.1, -0.05) is 18.2 Å². The number of nitrogens with zero attached hydrogens (tertiary/aromatic N) is 2. The molecule has 2 heterocycles. The SMILES string of the molecule is CC1(F)Cc2c(n(C3CC3)c(=O)[nH]c2=O)C=C1N1CCC(C(N)c2ccccc2F)C1. The lowest BCUT2D eigenvalue weighted by Crippen LogP contribution is -2.43. The molecule has 31 heavy (non-hydrogen) atoms. The summed E-state index contributed by atoms with van der Waals surface area (Å²) < 4.78 is 31.6. The molecule has 0 radical (unpaired) electrons. The Morgan fingerprint density at radius 3 is 2.68 bits per heavy atom. The summed E-state index contributed by atoms with van der Waals surface area (Å²) in [5, 5.41) is 0. The minimum Gasteiger partial charge on any atom is -0.372 e. The Kier molecular flexibility index (Phi) is 4.66.